The summed E-state index contributed by atoms with van der Waals surface area (Å²) >= 11 is 0. The van der Waals surface area contributed by atoms with Crippen molar-refractivity contribution in [2.75, 3.05) is 25.3 Å². The van der Waals surface area contributed by atoms with E-state index in [0.717, 1.165) is 16.7 Å². The van der Waals surface area contributed by atoms with Gasteiger partial charge < -0.3 is 14.4 Å². The van der Waals surface area contributed by atoms with Gasteiger partial charge in [-0.15, -0.1) is 0 Å². The van der Waals surface area contributed by atoms with Crippen molar-refractivity contribution < 1.29 is 14.3 Å². The van der Waals surface area contributed by atoms with E-state index in [9.17, 15) is 9.59 Å². The zero-order chi connectivity index (χ0) is 26.5. The number of carbonyl (C=O) groups is 1. The van der Waals surface area contributed by atoms with E-state index in [0.29, 0.717) is 12.4 Å². The number of aromatic nitrogens is 1. The van der Waals surface area contributed by atoms with Crippen LogP contribution in [0.15, 0.2) is 115 Å². The summed E-state index contributed by atoms with van der Waals surface area (Å²) < 4.78 is 13.8. The van der Waals surface area contributed by atoms with Gasteiger partial charge in [-0.25, -0.2) is 0 Å². The first-order valence-electron chi connectivity index (χ1n) is 12.4. The molecule has 1 amide bonds. The van der Waals surface area contributed by atoms with Crippen LogP contribution in [0.4, 0.5) is 0 Å². The molecule has 2 heterocycles. The quantitative estimate of drug-likeness (QED) is 0.306. The summed E-state index contributed by atoms with van der Waals surface area (Å²) in [7, 11) is 1.72. The van der Waals surface area contributed by atoms with Gasteiger partial charge >= 0.3 is 0 Å². The summed E-state index contributed by atoms with van der Waals surface area (Å²) in [4.78, 5) is 28.1. The fourth-order valence-corrected chi connectivity index (χ4v) is 4.66. The third-order valence-corrected chi connectivity index (χ3v) is 6.43. The molecule has 4 aromatic rings. The van der Waals surface area contributed by atoms with Crippen molar-refractivity contribution in [3.05, 3.63) is 142 Å². The summed E-state index contributed by atoms with van der Waals surface area (Å²) in [5.41, 5.74) is 2.66. The molecule has 0 radical (unpaired) electrons. The van der Waals surface area contributed by atoms with E-state index in [1.54, 1.807) is 28.9 Å². The van der Waals surface area contributed by atoms with Gasteiger partial charge in [0.1, 0.15) is 31.7 Å². The Hall–Kier alpha value is -4.78. The van der Waals surface area contributed by atoms with Crippen molar-refractivity contribution in [2.45, 2.75) is 12.6 Å². The third kappa shape index (κ3) is 4.91. The monoisotopic (exact) mass is 507 g/mol. The molecule has 38 heavy (non-hydrogen) atoms. The lowest BCUT2D eigenvalue weighted by Crippen LogP contribution is -2.54. The van der Waals surface area contributed by atoms with Crippen LogP contribution in [0.3, 0.4) is 0 Å². The summed E-state index contributed by atoms with van der Waals surface area (Å²) in [6, 6.07) is 28.5. The Morgan fingerprint density at radius 2 is 1.58 bits per heavy atom. The number of benzene rings is 3. The molecule has 1 aromatic heterocycles. The second-order valence-corrected chi connectivity index (χ2v) is 9.01. The van der Waals surface area contributed by atoms with E-state index in [2.05, 4.69) is 6.58 Å². The van der Waals surface area contributed by atoms with Gasteiger partial charge in [0.05, 0.1) is 0 Å². The Morgan fingerprint density at radius 1 is 0.895 bits per heavy atom. The molecule has 1 atom stereocenters. The second kappa shape index (κ2) is 11.1. The maximum Gasteiger partial charge on any atom is 0.277 e. The van der Waals surface area contributed by atoms with Crippen LogP contribution in [-0.2, 0) is 6.61 Å². The number of fused-ring (bicyclic) bond motifs is 1. The van der Waals surface area contributed by atoms with Crippen LogP contribution >= 0.6 is 0 Å². The molecule has 0 saturated heterocycles. The standard InChI is InChI=1S/C31H29N3O4/c1-3-20-37-27-17-11-10-16-25(27)28(24-14-8-5-9-15-24)34-22-32(2)31(36)29-30(26(35)18-19-33(29)34)38-21-23-12-6-4-7-13-23/h3-19,28H,1,20-22H2,2H3. The van der Waals surface area contributed by atoms with Crippen molar-refractivity contribution in [3.63, 3.8) is 0 Å². The lowest BCUT2D eigenvalue weighted by Gasteiger charge is -2.43. The zero-order valence-electron chi connectivity index (χ0n) is 21.2. The van der Waals surface area contributed by atoms with E-state index in [1.165, 1.54) is 6.07 Å². The Balaban J connectivity index is 1.65. The van der Waals surface area contributed by atoms with Gasteiger partial charge in [0.25, 0.3) is 5.91 Å². The number of hydrogen-bond donors (Lipinski definition) is 0. The fourth-order valence-electron chi connectivity index (χ4n) is 4.66. The number of ether oxygens (including phenoxy) is 2. The molecule has 0 N–H and O–H groups in total. The predicted octanol–water partition coefficient (Wildman–Crippen LogP) is 4.76. The largest absolute Gasteiger partial charge is 0.489 e. The normalized spacial score (nSPS) is 13.6. The van der Waals surface area contributed by atoms with E-state index >= 15 is 0 Å². The number of rotatable bonds is 9. The predicted molar refractivity (Wildman–Crippen MR) is 147 cm³/mol. The molecule has 1 aliphatic rings. The second-order valence-electron chi connectivity index (χ2n) is 9.01. The Bertz CT molecular complexity index is 1480. The van der Waals surface area contributed by atoms with Crippen LogP contribution in [0.1, 0.15) is 33.2 Å². The fraction of sp³-hybridized carbons (Fsp3) is 0.161. The molecule has 7 heteroatoms. The number of amides is 1. The van der Waals surface area contributed by atoms with Gasteiger partial charge in [-0.1, -0.05) is 91.5 Å². The van der Waals surface area contributed by atoms with Crippen LogP contribution in [0, 0.1) is 0 Å². The number of para-hydroxylation sites is 1. The van der Waals surface area contributed by atoms with E-state index in [4.69, 9.17) is 9.47 Å². The van der Waals surface area contributed by atoms with Gasteiger partial charge in [-0.3, -0.25) is 19.3 Å². The molecular formula is C31H29N3O4. The highest BCUT2D eigenvalue weighted by atomic mass is 16.5. The highest BCUT2D eigenvalue weighted by molar-refractivity contribution is 5.96. The molecule has 0 fully saturated rings. The maximum absolute atomic E-state index is 13.5. The minimum atomic E-state index is -0.346. The maximum atomic E-state index is 13.5. The summed E-state index contributed by atoms with van der Waals surface area (Å²) in [5, 5.41) is 2.04. The van der Waals surface area contributed by atoms with Crippen molar-refractivity contribution in [1.29, 1.82) is 0 Å². The molecule has 0 saturated carbocycles. The van der Waals surface area contributed by atoms with Crippen molar-refractivity contribution in [3.8, 4) is 11.5 Å². The average Bonchev–Trinajstić information content (AvgIpc) is 2.95. The minimum absolute atomic E-state index is 0.0286. The first-order chi connectivity index (χ1) is 18.6. The van der Waals surface area contributed by atoms with Gasteiger partial charge in [0, 0.05) is 24.9 Å². The lowest BCUT2D eigenvalue weighted by molar-refractivity contribution is 0.0723. The highest BCUT2D eigenvalue weighted by Gasteiger charge is 2.36. The zero-order valence-corrected chi connectivity index (χ0v) is 21.2. The van der Waals surface area contributed by atoms with E-state index in [1.807, 2.05) is 89.9 Å². The Morgan fingerprint density at radius 3 is 2.32 bits per heavy atom. The van der Waals surface area contributed by atoms with Gasteiger partial charge in [0.15, 0.2) is 11.4 Å². The summed E-state index contributed by atoms with van der Waals surface area (Å²) in [6.07, 6.45) is 3.35. The lowest BCUT2D eigenvalue weighted by atomic mass is 9.97. The third-order valence-electron chi connectivity index (χ3n) is 6.43. The molecule has 1 aliphatic heterocycles. The molecule has 1 unspecified atom stereocenters. The van der Waals surface area contributed by atoms with Crippen molar-refractivity contribution >= 4 is 5.91 Å². The number of nitrogens with zero attached hydrogens (tertiary/aromatic N) is 3. The van der Waals surface area contributed by atoms with Crippen molar-refractivity contribution in [1.82, 2.24) is 9.58 Å². The van der Waals surface area contributed by atoms with Crippen LogP contribution in [0.2, 0.25) is 0 Å². The summed E-state index contributed by atoms with van der Waals surface area (Å²) in [6.45, 7) is 4.59. The van der Waals surface area contributed by atoms with Gasteiger partial charge in [-0.2, -0.15) is 0 Å². The average molecular weight is 508 g/mol. The number of hydrogen-bond acceptors (Lipinski definition) is 5. The molecule has 5 rings (SSSR count). The van der Waals surface area contributed by atoms with Crippen LogP contribution in [0.25, 0.3) is 0 Å². The topological polar surface area (TPSA) is 64.0 Å². The molecular weight excluding hydrogens is 478 g/mol. The first-order valence-corrected chi connectivity index (χ1v) is 12.4. The SMILES string of the molecule is C=CCOc1ccccc1C(c1ccccc1)N1CN(C)C(=O)c2c(OCc3ccccc3)c(=O)ccn21. The molecule has 7 nitrogen and oxygen atoms in total. The molecule has 3 aromatic carbocycles. The first kappa shape index (κ1) is 24.9. The van der Waals surface area contributed by atoms with Crippen LogP contribution in [0.5, 0.6) is 11.5 Å². The van der Waals surface area contributed by atoms with Crippen LogP contribution in [-0.4, -0.2) is 35.8 Å². The number of pyridine rings is 1. The number of carbonyl (C=O) groups excluding carboxylic acids is 1. The van der Waals surface area contributed by atoms with E-state index in [-0.39, 0.29) is 42.1 Å². The molecule has 192 valence electrons. The van der Waals surface area contributed by atoms with Crippen molar-refractivity contribution in [2.24, 2.45) is 0 Å². The van der Waals surface area contributed by atoms with E-state index < -0.39 is 0 Å². The Labute approximate surface area is 221 Å². The molecule has 0 spiro atoms. The van der Waals surface area contributed by atoms with Gasteiger partial charge in [-0.05, 0) is 17.2 Å². The van der Waals surface area contributed by atoms with Crippen LogP contribution < -0.4 is 19.9 Å². The minimum Gasteiger partial charge on any atom is -0.489 e. The van der Waals surface area contributed by atoms with Gasteiger partial charge in [0.2, 0.25) is 5.43 Å². The Kier molecular flexibility index (Phi) is 7.26. The molecule has 0 aliphatic carbocycles. The molecule has 0 bridgehead atoms. The smallest absolute Gasteiger partial charge is 0.277 e. The summed E-state index contributed by atoms with van der Waals surface area (Å²) in [5.74, 6) is 0.454. The highest BCUT2D eigenvalue weighted by Crippen LogP contribution is 2.36.